The number of carbonyl (C=O) groups is 1. The molecule has 1 amide bonds. The van der Waals surface area contributed by atoms with Gasteiger partial charge in [0.1, 0.15) is 5.75 Å². The number of nitrogen functional groups attached to an aromatic ring is 1. The van der Waals surface area contributed by atoms with Crippen molar-refractivity contribution in [1.82, 2.24) is 5.32 Å². The highest BCUT2D eigenvalue weighted by molar-refractivity contribution is 5.85. The van der Waals surface area contributed by atoms with Crippen LogP contribution in [0, 0.1) is 5.92 Å². The fraction of sp³-hybridized carbons (Fsp3) is 0.350. The van der Waals surface area contributed by atoms with E-state index in [0.29, 0.717) is 24.6 Å². The molecule has 0 aliphatic heterocycles. The summed E-state index contributed by atoms with van der Waals surface area (Å²) >= 11 is 0. The Kier molecular flexibility index (Phi) is 8.86. The van der Waals surface area contributed by atoms with Crippen LogP contribution in [0.2, 0.25) is 0 Å². The quantitative estimate of drug-likeness (QED) is 0.705. The van der Waals surface area contributed by atoms with Crippen LogP contribution < -0.4 is 15.8 Å². The number of halogens is 1. The lowest BCUT2D eigenvalue weighted by molar-refractivity contribution is -0.120. The summed E-state index contributed by atoms with van der Waals surface area (Å²) in [6.07, 6.45) is 1.18. The molecule has 0 atom stereocenters. The molecule has 0 aromatic heterocycles. The lowest BCUT2D eigenvalue weighted by atomic mass is 10.1. The Morgan fingerprint density at radius 1 is 1.04 bits per heavy atom. The van der Waals surface area contributed by atoms with Crippen molar-refractivity contribution in [3.63, 3.8) is 0 Å². The second kappa shape index (κ2) is 10.6. The van der Waals surface area contributed by atoms with Crippen molar-refractivity contribution in [1.29, 1.82) is 0 Å². The number of hydrogen-bond acceptors (Lipinski definition) is 3. The number of ether oxygens (including phenoxy) is 1. The molecule has 2 rings (SSSR count). The molecule has 0 saturated heterocycles. The highest BCUT2D eigenvalue weighted by atomic mass is 35.5. The van der Waals surface area contributed by atoms with Crippen molar-refractivity contribution in [2.45, 2.75) is 26.7 Å². The number of carbonyl (C=O) groups excluding carboxylic acids is 1. The van der Waals surface area contributed by atoms with Crippen molar-refractivity contribution >= 4 is 24.0 Å². The molecule has 0 heterocycles. The third kappa shape index (κ3) is 7.94. The van der Waals surface area contributed by atoms with E-state index < -0.39 is 0 Å². The third-order valence-electron chi connectivity index (χ3n) is 3.59. The van der Waals surface area contributed by atoms with Crippen LogP contribution in [0.3, 0.4) is 0 Å². The average molecular weight is 363 g/mol. The summed E-state index contributed by atoms with van der Waals surface area (Å²) in [6.45, 7) is 5.60. The highest BCUT2D eigenvalue weighted by Gasteiger charge is 2.03. The van der Waals surface area contributed by atoms with Gasteiger partial charge in [0.2, 0.25) is 5.91 Å². The molecule has 0 aliphatic rings. The predicted molar refractivity (Wildman–Crippen MR) is 105 cm³/mol. The Balaban J connectivity index is 0.00000312. The zero-order valence-electron chi connectivity index (χ0n) is 14.8. The number of rotatable bonds is 8. The van der Waals surface area contributed by atoms with Gasteiger partial charge in [-0.3, -0.25) is 4.79 Å². The fourth-order valence-electron chi connectivity index (χ4n) is 2.24. The molecule has 5 heteroatoms. The number of amides is 1. The Morgan fingerprint density at radius 2 is 1.64 bits per heavy atom. The van der Waals surface area contributed by atoms with Crippen LogP contribution in [-0.4, -0.2) is 19.1 Å². The third-order valence-corrected chi connectivity index (χ3v) is 3.59. The normalized spacial score (nSPS) is 10.2. The Bertz CT molecular complexity index is 640. The van der Waals surface area contributed by atoms with Crippen molar-refractivity contribution in [2.75, 3.05) is 18.9 Å². The number of nitrogens with two attached hydrogens (primary N) is 1. The number of benzene rings is 2. The summed E-state index contributed by atoms with van der Waals surface area (Å²) in [5, 5.41) is 2.95. The van der Waals surface area contributed by atoms with Gasteiger partial charge in [0.25, 0.3) is 0 Å². The van der Waals surface area contributed by atoms with Crippen LogP contribution in [0.1, 0.15) is 25.0 Å². The molecule has 25 heavy (non-hydrogen) atoms. The fourth-order valence-corrected chi connectivity index (χ4v) is 2.24. The van der Waals surface area contributed by atoms with E-state index in [1.807, 2.05) is 48.5 Å². The molecule has 3 N–H and O–H groups in total. The average Bonchev–Trinajstić information content (AvgIpc) is 2.56. The van der Waals surface area contributed by atoms with Crippen molar-refractivity contribution in [3.8, 4) is 5.75 Å². The maximum Gasteiger partial charge on any atom is 0.224 e. The van der Waals surface area contributed by atoms with E-state index in [-0.39, 0.29) is 18.3 Å². The molecule has 0 fully saturated rings. The van der Waals surface area contributed by atoms with E-state index in [2.05, 4.69) is 19.2 Å². The first kappa shape index (κ1) is 20.8. The Labute approximate surface area is 156 Å². The minimum atomic E-state index is 0. The van der Waals surface area contributed by atoms with E-state index in [0.717, 1.165) is 24.3 Å². The van der Waals surface area contributed by atoms with Crippen molar-refractivity contribution in [2.24, 2.45) is 5.92 Å². The molecule has 0 spiro atoms. The summed E-state index contributed by atoms with van der Waals surface area (Å²) < 4.78 is 5.66. The predicted octanol–water partition coefficient (Wildman–Crippen LogP) is 3.63. The topological polar surface area (TPSA) is 64.3 Å². The first-order valence-electron chi connectivity index (χ1n) is 8.36. The molecule has 0 unspecified atom stereocenters. The van der Waals surface area contributed by atoms with Gasteiger partial charge < -0.3 is 15.8 Å². The van der Waals surface area contributed by atoms with Gasteiger partial charge in [-0.05, 0) is 47.7 Å². The minimum absolute atomic E-state index is 0. The van der Waals surface area contributed by atoms with Crippen LogP contribution in [0.4, 0.5) is 5.69 Å². The molecule has 0 saturated carbocycles. The molecule has 0 radical (unpaired) electrons. The SMILES string of the molecule is CC(C)COc1ccc(CCNC(=O)Cc2ccc(N)cc2)cc1.Cl. The van der Waals surface area contributed by atoms with E-state index in [4.69, 9.17) is 10.5 Å². The van der Waals surface area contributed by atoms with Crippen LogP contribution in [0.25, 0.3) is 0 Å². The van der Waals surface area contributed by atoms with Gasteiger partial charge in [0.15, 0.2) is 0 Å². The van der Waals surface area contributed by atoms with Gasteiger partial charge in [-0.15, -0.1) is 12.4 Å². The second-order valence-corrected chi connectivity index (χ2v) is 6.37. The van der Waals surface area contributed by atoms with Gasteiger partial charge >= 0.3 is 0 Å². The van der Waals surface area contributed by atoms with E-state index >= 15 is 0 Å². The van der Waals surface area contributed by atoms with Gasteiger partial charge in [0, 0.05) is 12.2 Å². The van der Waals surface area contributed by atoms with Crippen molar-refractivity contribution < 1.29 is 9.53 Å². The maximum absolute atomic E-state index is 11.9. The minimum Gasteiger partial charge on any atom is -0.493 e. The van der Waals surface area contributed by atoms with Gasteiger partial charge in [-0.25, -0.2) is 0 Å². The highest BCUT2D eigenvalue weighted by Crippen LogP contribution is 2.13. The molecule has 0 bridgehead atoms. The molecule has 2 aromatic carbocycles. The summed E-state index contributed by atoms with van der Waals surface area (Å²) in [6, 6.07) is 15.4. The smallest absolute Gasteiger partial charge is 0.224 e. The largest absolute Gasteiger partial charge is 0.493 e. The van der Waals surface area contributed by atoms with E-state index in [9.17, 15) is 4.79 Å². The first-order valence-corrected chi connectivity index (χ1v) is 8.36. The summed E-state index contributed by atoms with van der Waals surface area (Å²) in [7, 11) is 0. The number of hydrogen-bond donors (Lipinski definition) is 2. The Hall–Kier alpha value is -2.20. The number of anilines is 1. The van der Waals surface area contributed by atoms with Crippen LogP contribution in [0.5, 0.6) is 5.75 Å². The summed E-state index contributed by atoms with van der Waals surface area (Å²) in [4.78, 5) is 11.9. The zero-order chi connectivity index (χ0) is 17.4. The van der Waals surface area contributed by atoms with E-state index in [1.54, 1.807) is 0 Å². The van der Waals surface area contributed by atoms with Gasteiger partial charge in [-0.2, -0.15) is 0 Å². The monoisotopic (exact) mass is 362 g/mol. The second-order valence-electron chi connectivity index (χ2n) is 6.37. The van der Waals surface area contributed by atoms with Crippen LogP contribution in [0.15, 0.2) is 48.5 Å². The standard InChI is InChI=1S/C20H26N2O2.ClH/c1-15(2)14-24-19-9-5-16(6-10-19)11-12-22-20(23)13-17-3-7-18(21)8-4-17;/h3-10,15H,11-14,21H2,1-2H3,(H,22,23);1H. The van der Waals surface area contributed by atoms with Gasteiger partial charge in [0.05, 0.1) is 13.0 Å². The molecule has 136 valence electrons. The lowest BCUT2D eigenvalue weighted by Gasteiger charge is -2.09. The van der Waals surface area contributed by atoms with Crippen LogP contribution >= 0.6 is 12.4 Å². The molecular formula is C20H27ClN2O2. The summed E-state index contributed by atoms with van der Waals surface area (Å²) in [5.74, 6) is 1.43. The zero-order valence-corrected chi connectivity index (χ0v) is 15.6. The molecular weight excluding hydrogens is 336 g/mol. The Morgan fingerprint density at radius 3 is 2.24 bits per heavy atom. The summed E-state index contributed by atoms with van der Waals surface area (Å²) in [5.41, 5.74) is 8.49. The lowest BCUT2D eigenvalue weighted by Crippen LogP contribution is -2.27. The first-order chi connectivity index (χ1) is 11.5. The van der Waals surface area contributed by atoms with Crippen LogP contribution in [-0.2, 0) is 17.6 Å². The van der Waals surface area contributed by atoms with Crippen molar-refractivity contribution in [3.05, 3.63) is 59.7 Å². The van der Waals surface area contributed by atoms with Gasteiger partial charge in [-0.1, -0.05) is 38.1 Å². The molecule has 0 aliphatic carbocycles. The molecule has 2 aromatic rings. The molecule has 4 nitrogen and oxygen atoms in total. The van der Waals surface area contributed by atoms with E-state index in [1.165, 1.54) is 5.56 Å². The maximum atomic E-state index is 11.9. The number of nitrogens with one attached hydrogen (secondary N) is 1.